The molecule has 2 amide bonds. The van der Waals surface area contributed by atoms with Gasteiger partial charge in [-0.3, -0.25) is 9.59 Å². The first-order valence-electron chi connectivity index (χ1n) is 6.88. The molecule has 3 N–H and O–H groups in total. The lowest BCUT2D eigenvalue weighted by Crippen LogP contribution is -2.38. The number of carbonyl (C=O) groups is 2. The van der Waals surface area contributed by atoms with Gasteiger partial charge in [0.05, 0.1) is 0 Å². The van der Waals surface area contributed by atoms with Crippen LogP contribution in [0.4, 0.5) is 0 Å². The summed E-state index contributed by atoms with van der Waals surface area (Å²) in [4.78, 5) is 23.1. The molecule has 21 heavy (non-hydrogen) atoms. The van der Waals surface area contributed by atoms with Gasteiger partial charge < -0.3 is 15.7 Å². The van der Waals surface area contributed by atoms with Crippen molar-refractivity contribution in [2.45, 2.75) is 25.8 Å². The summed E-state index contributed by atoms with van der Waals surface area (Å²) in [6, 6.07) is 5.27. The molecular weight excluding hydrogens is 268 g/mol. The van der Waals surface area contributed by atoms with Crippen LogP contribution in [0.5, 0.6) is 0 Å². The van der Waals surface area contributed by atoms with Crippen molar-refractivity contribution in [3.8, 4) is 11.8 Å². The third-order valence-electron chi connectivity index (χ3n) is 3.38. The number of benzene rings is 1. The predicted octanol–water partition coefficient (Wildman–Crippen LogP) is 0.347. The van der Waals surface area contributed by atoms with Crippen molar-refractivity contribution in [2.24, 2.45) is 0 Å². The fourth-order valence-corrected chi connectivity index (χ4v) is 2.23. The second kappa shape index (κ2) is 6.91. The SMILES string of the molecule is Cc1cc(C(=O)NCC2CCC(=O)N2)ccc1C#CCO. The molecule has 1 fully saturated rings. The molecule has 1 aliphatic rings. The molecule has 0 aliphatic carbocycles. The standard InChI is InChI=1S/C16H18N2O3/c1-11-9-13(5-4-12(11)3-2-8-19)16(21)17-10-14-6-7-15(20)18-14/h4-5,9,14,19H,6-8,10H2,1H3,(H,17,21)(H,18,20). The van der Waals surface area contributed by atoms with Gasteiger partial charge in [0.25, 0.3) is 5.91 Å². The summed E-state index contributed by atoms with van der Waals surface area (Å²) in [5.74, 6) is 5.29. The number of carbonyl (C=O) groups excluding carboxylic acids is 2. The quantitative estimate of drug-likeness (QED) is 0.702. The van der Waals surface area contributed by atoms with Crippen molar-refractivity contribution in [3.63, 3.8) is 0 Å². The zero-order valence-electron chi connectivity index (χ0n) is 11.9. The third-order valence-corrected chi connectivity index (χ3v) is 3.38. The van der Waals surface area contributed by atoms with Gasteiger partial charge in [0.15, 0.2) is 0 Å². The molecule has 1 saturated heterocycles. The Morgan fingerprint density at radius 1 is 1.52 bits per heavy atom. The number of aryl methyl sites for hydroxylation is 1. The number of rotatable bonds is 3. The topological polar surface area (TPSA) is 78.4 Å². The van der Waals surface area contributed by atoms with Crippen molar-refractivity contribution < 1.29 is 14.7 Å². The molecule has 1 unspecified atom stereocenters. The fourth-order valence-electron chi connectivity index (χ4n) is 2.23. The molecule has 0 spiro atoms. The molecule has 2 rings (SSSR count). The number of amides is 2. The average Bonchev–Trinajstić information content (AvgIpc) is 2.89. The highest BCUT2D eigenvalue weighted by Gasteiger charge is 2.21. The van der Waals surface area contributed by atoms with E-state index in [0.29, 0.717) is 18.5 Å². The highest BCUT2D eigenvalue weighted by molar-refractivity contribution is 5.94. The lowest BCUT2D eigenvalue weighted by Gasteiger charge is -2.11. The number of hydrogen-bond donors (Lipinski definition) is 3. The Kier molecular flexibility index (Phi) is 4.96. The van der Waals surface area contributed by atoms with Gasteiger partial charge in [-0.25, -0.2) is 0 Å². The van der Waals surface area contributed by atoms with Crippen LogP contribution in [0.15, 0.2) is 18.2 Å². The van der Waals surface area contributed by atoms with Gasteiger partial charge in [0.1, 0.15) is 6.61 Å². The molecule has 0 aromatic heterocycles. The smallest absolute Gasteiger partial charge is 0.251 e. The zero-order chi connectivity index (χ0) is 15.2. The van der Waals surface area contributed by atoms with Crippen LogP contribution in [0.2, 0.25) is 0 Å². The van der Waals surface area contributed by atoms with Crippen molar-refractivity contribution in [2.75, 3.05) is 13.2 Å². The van der Waals surface area contributed by atoms with Gasteiger partial charge in [-0.1, -0.05) is 11.8 Å². The van der Waals surface area contributed by atoms with Crippen LogP contribution in [0.25, 0.3) is 0 Å². The minimum absolute atomic E-state index is 0.0252. The van der Waals surface area contributed by atoms with Crippen LogP contribution in [-0.2, 0) is 4.79 Å². The minimum atomic E-state index is -0.186. The van der Waals surface area contributed by atoms with E-state index in [0.717, 1.165) is 17.5 Å². The number of aliphatic hydroxyl groups is 1. The Morgan fingerprint density at radius 3 is 2.95 bits per heavy atom. The largest absolute Gasteiger partial charge is 0.384 e. The molecule has 0 radical (unpaired) electrons. The van der Waals surface area contributed by atoms with Crippen molar-refractivity contribution in [3.05, 3.63) is 34.9 Å². The minimum Gasteiger partial charge on any atom is -0.384 e. The summed E-state index contributed by atoms with van der Waals surface area (Å²) in [5, 5.41) is 14.3. The van der Waals surface area contributed by atoms with E-state index in [1.807, 2.05) is 6.92 Å². The molecule has 1 atom stereocenters. The Hall–Kier alpha value is -2.32. The van der Waals surface area contributed by atoms with E-state index in [-0.39, 0.29) is 24.5 Å². The van der Waals surface area contributed by atoms with E-state index in [1.54, 1.807) is 18.2 Å². The summed E-state index contributed by atoms with van der Waals surface area (Å²) in [6.45, 7) is 2.12. The van der Waals surface area contributed by atoms with E-state index in [1.165, 1.54) is 0 Å². The van der Waals surface area contributed by atoms with Crippen LogP contribution in [-0.4, -0.2) is 36.1 Å². The van der Waals surface area contributed by atoms with E-state index in [4.69, 9.17) is 5.11 Å². The molecule has 1 heterocycles. The lowest BCUT2D eigenvalue weighted by atomic mass is 10.0. The maximum absolute atomic E-state index is 12.1. The monoisotopic (exact) mass is 286 g/mol. The normalized spacial score (nSPS) is 16.9. The average molecular weight is 286 g/mol. The first-order chi connectivity index (χ1) is 10.1. The second-order valence-corrected chi connectivity index (χ2v) is 5.00. The predicted molar refractivity (Wildman–Crippen MR) is 78.6 cm³/mol. The van der Waals surface area contributed by atoms with E-state index < -0.39 is 0 Å². The molecular formula is C16H18N2O3. The van der Waals surface area contributed by atoms with Crippen molar-refractivity contribution >= 4 is 11.8 Å². The Labute approximate surface area is 123 Å². The molecule has 1 aliphatic heterocycles. The van der Waals surface area contributed by atoms with Crippen LogP contribution in [0.3, 0.4) is 0 Å². The van der Waals surface area contributed by atoms with Gasteiger partial charge in [0, 0.05) is 30.1 Å². The maximum atomic E-state index is 12.1. The molecule has 5 heteroatoms. The molecule has 110 valence electrons. The molecule has 5 nitrogen and oxygen atoms in total. The second-order valence-electron chi connectivity index (χ2n) is 5.00. The molecule has 1 aromatic carbocycles. The summed E-state index contributed by atoms with van der Waals surface area (Å²) < 4.78 is 0. The van der Waals surface area contributed by atoms with Crippen LogP contribution in [0.1, 0.15) is 34.3 Å². The van der Waals surface area contributed by atoms with Crippen molar-refractivity contribution in [1.82, 2.24) is 10.6 Å². The number of hydrogen-bond acceptors (Lipinski definition) is 3. The van der Waals surface area contributed by atoms with Crippen LogP contribution >= 0.6 is 0 Å². The highest BCUT2D eigenvalue weighted by Crippen LogP contribution is 2.11. The van der Waals surface area contributed by atoms with Gasteiger partial charge in [-0.2, -0.15) is 0 Å². The first kappa shape index (κ1) is 15.1. The first-order valence-corrected chi connectivity index (χ1v) is 6.88. The van der Waals surface area contributed by atoms with Gasteiger partial charge in [-0.15, -0.1) is 0 Å². The fraction of sp³-hybridized carbons (Fsp3) is 0.375. The Morgan fingerprint density at radius 2 is 2.33 bits per heavy atom. The van der Waals surface area contributed by atoms with Gasteiger partial charge >= 0.3 is 0 Å². The van der Waals surface area contributed by atoms with Gasteiger partial charge in [-0.05, 0) is 37.1 Å². The Bertz CT molecular complexity index is 614. The Balaban J connectivity index is 1.96. The number of nitrogens with one attached hydrogen (secondary N) is 2. The lowest BCUT2D eigenvalue weighted by molar-refractivity contribution is -0.119. The zero-order valence-corrected chi connectivity index (χ0v) is 11.9. The summed E-state index contributed by atoms with van der Waals surface area (Å²) in [7, 11) is 0. The van der Waals surface area contributed by atoms with E-state index >= 15 is 0 Å². The van der Waals surface area contributed by atoms with Crippen LogP contribution < -0.4 is 10.6 Å². The molecule has 1 aromatic rings. The molecule has 0 bridgehead atoms. The summed E-state index contributed by atoms with van der Waals surface area (Å²) in [6.07, 6.45) is 1.28. The van der Waals surface area contributed by atoms with E-state index in [2.05, 4.69) is 22.5 Å². The highest BCUT2D eigenvalue weighted by atomic mass is 16.2. The number of aliphatic hydroxyl groups excluding tert-OH is 1. The molecule has 0 saturated carbocycles. The van der Waals surface area contributed by atoms with E-state index in [9.17, 15) is 9.59 Å². The summed E-state index contributed by atoms with van der Waals surface area (Å²) in [5.41, 5.74) is 2.24. The summed E-state index contributed by atoms with van der Waals surface area (Å²) >= 11 is 0. The maximum Gasteiger partial charge on any atom is 0.251 e. The van der Waals surface area contributed by atoms with Crippen molar-refractivity contribution in [1.29, 1.82) is 0 Å². The third kappa shape index (κ3) is 4.07. The van der Waals surface area contributed by atoms with Crippen LogP contribution in [0, 0.1) is 18.8 Å². The van der Waals surface area contributed by atoms with Gasteiger partial charge in [0.2, 0.25) is 5.91 Å².